The normalized spacial score (nSPS) is 18.1. The average Bonchev–Trinajstić information content (AvgIpc) is 2.32. The number of hydrogen-bond donors (Lipinski definition) is 0. The molecule has 0 aliphatic heterocycles. The van der Waals surface area contributed by atoms with Crippen LogP contribution in [0, 0.1) is 6.92 Å². The van der Waals surface area contributed by atoms with Gasteiger partial charge in [-0.3, -0.25) is 0 Å². The standard InChI is InChI=1S/C14H18NSe/c1-11-6-5-7-12(14(11)16)10-15-13-8-3-2-4-9-13/h5-7,10,13H,2-4,8-9H2,1H3. The zero-order valence-corrected chi connectivity index (χ0v) is 11.5. The molecule has 0 unspecified atom stereocenters. The summed E-state index contributed by atoms with van der Waals surface area (Å²) >= 11 is 3.14. The van der Waals surface area contributed by atoms with Crippen molar-refractivity contribution >= 4 is 26.7 Å². The molecule has 0 saturated heterocycles. The van der Waals surface area contributed by atoms with Crippen molar-refractivity contribution in [1.29, 1.82) is 0 Å². The third kappa shape index (κ3) is 2.96. The fourth-order valence-electron chi connectivity index (χ4n) is 2.19. The van der Waals surface area contributed by atoms with Gasteiger partial charge in [-0.1, -0.05) is 0 Å². The van der Waals surface area contributed by atoms with Gasteiger partial charge in [0.15, 0.2) is 0 Å². The second-order valence-electron chi connectivity index (χ2n) is 4.56. The quantitative estimate of drug-likeness (QED) is 0.583. The van der Waals surface area contributed by atoms with E-state index in [1.807, 2.05) is 0 Å². The third-order valence-corrected chi connectivity index (χ3v) is 4.41. The molecule has 1 aliphatic rings. The van der Waals surface area contributed by atoms with Crippen LogP contribution in [0.2, 0.25) is 0 Å². The summed E-state index contributed by atoms with van der Waals surface area (Å²) in [6.07, 6.45) is 8.68. The number of rotatable bonds is 2. The first-order valence-electron chi connectivity index (χ1n) is 6.07. The van der Waals surface area contributed by atoms with Crippen LogP contribution in [0.25, 0.3) is 0 Å². The zero-order valence-electron chi connectivity index (χ0n) is 9.78. The molecule has 0 atom stereocenters. The zero-order chi connectivity index (χ0) is 11.4. The van der Waals surface area contributed by atoms with Gasteiger partial charge < -0.3 is 0 Å². The van der Waals surface area contributed by atoms with E-state index in [0.717, 1.165) is 0 Å². The van der Waals surface area contributed by atoms with Gasteiger partial charge in [0.05, 0.1) is 0 Å². The Hall–Kier alpha value is -0.591. The Bertz CT molecular complexity index is 378. The molecule has 2 heteroatoms. The van der Waals surface area contributed by atoms with Crippen LogP contribution in [0.3, 0.4) is 0 Å². The molecule has 0 bridgehead atoms. The van der Waals surface area contributed by atoms with E-state index < -0.39 is 0 Å². The van der Waals surface area contributed by atoms with Crippen molar-refractivity contribution in [3.05, 3.63) is 29.3 Å². The van der Waals surface area contributed by atoms with Crippen molar-refractivity contribution in [2.75, 3.05) is 0 Å². The van der Waals surface area contributed by atoms with Crippen LogP contribution in [-0.4, -0.2) is 28.3 Å². The van der Waals surface area contributed by atoms with Crippen molar-refractivity contribution < 1.29 is 0 Å². The van der Waals surface area contributed by atoms with E-state index in [9.17, 15) is 0 Å². The summed E-state index contributed by atoms with van der Waals surface area (Å²) in [5.74, 6) is 0. The maximum atomic E-state index is 4.71. The first kappa shape index (κ1) is 11.9. The molecule has 16 heavy (non-hydrogen) atoms. The average molecular weight is 279 g/mol. The van der Waals surface area contributed by atoms with Gasteiger partial charge in [-0.25, -0.2) is 0 Å². The Kier molecular flexibility index (Phi) is 4.20. The maximum absolute atomic E-state index is 4.71. The summed E-state index contributed by atoms with van der Waals surface area (Å²) in [4.78, 5) is 4.71. The Morgan fingerprint density at radius 1 is 1.25 bits per heavy atom. The predicted octanol–water partition coefficient (Wildman–Crippen LogP) is 2.54. The minimum atomic E-state index is 0.564. The van der Waals surface area contributed by atoms with Gasteiger partial charge in [0.2, 0.25) is 0 Å². The van der Waals surface area contributed by atoms with E-state index in [1.54, 1.807) is 0 Å². The Balaban J connectivity index is 2.07. The number of aryl methyl sites for hydroxylation is 1. The van der Waals surface area contributed by atoms with Crippen molar-refractivity contribution in [2.24, 2.45) is 4.99 Å². The van der Waals surface area contributed by atoms with Crippen LogP contribution < -0.4 is 4.46 Å². The molecular formula is C14H18NSe. The van der Waals surface area contributed by atoms with Gasteiger partial charge in [0.1, 0.15) is 0 Å². The molecule has 1 radical (unpaired) electrons. The third-order valence-electron chi connectivity index (χ3n) is 3.24. The summed E-state index contributed by atoms with van der Waals surface area (Å²) in [6.45, 7) is 2.13. The Labute approximate surface area is 106 Å². The molecule has 1 saturated carbocycles. The molecule has 0 aromatic heterocycles. The number of benzene rings is 1. The van der Waals surface area contributed by atoms with Crippen LogP contribution in [0.1, 0.15) is 43.2 Å². The minimum absolute atomic E-state index is 0.564. The Morgan fingerprint density at radius 2 is 2.00 bits per heavy atom. The van der Waals surface area contributed by atoms with Gasteiger partial charge >= 0.3 is 106 Å². The van der Waals surface area contributed by atoms with Gasteiger partial charge in [0, 0.05) is 0 Å². The molecule has 0 amide bonds. The first-order valence-corrected chi connectivity index (χ1v) is 6.93. The fourth-order valence-corrected chi connectivity index (χ4v) is 2.59. The van der Waals surface area contributed by atoms with Crippen LogP contribution in [0.5, 0.6) is 0 Å². The van der Waals surface area contributed by atoms with Gasteiger partial charge in [-0.2, -0.15) is 0 Å². The van der Waals surface area contributed by atoms with E-state index in [2.05, 4.69) is 47.4 Å². The van der Waals surface area contributed by atoms with E-state index in [4.69, 9.17) is 4.99 Å². The summed E-state index contributed by atoms with van der Waals surface area (Å²) in [7, 11) is 0. The molecule has 0 spiro atoms. The summed E-state index contributed by atoms with van der Waals surface area (Å²) in [6, 6.07) is 6.92. The summed E-state index contributed by atoms with van der Waals surface area (Å²) in [5, 5.41) is 0. The number of hydrogen-bond acceptors (Lipinski definition) is 1. The molecule has 1 aliphatic carbocycles. The summed E-state index contributed by atoms with van der Waals surface area (Å²) < 4.78 is 1.24. The molecule has 1 aromatic rings. The van der Waals surface area contributed by atoms with Gasteiger partial charge in [-0.05, 0) is 0 Å². The predicted molar refractivity (Wildman–Crippen MR) is 71.0 cm³/mol. The van der Waals surface area contributed by atoms with E-state index in [-0.39, 0.29) is 0 Å². The second-order valence-corrected chi connectivity index (χ2v) is 5.42. The van der Waals surface area contributed by atoms with Crippen LogP contribution in [0.15, 0.2) is 23.2 Å². The Morgan fingerprint density at radius 3 is 2.75 bits per heavy atom. The number of nitrogens with zero attached hydrogens (tertiary/aromatic N) is 1. The molecule has 0 heterocycles. The molecule has 1 fully saturated rings. The van der Waals surface area contributed by atoms with Crippen LogP contribution in [0.4, 0.5) is 0 Å². The van der Waals surface area contributed by atoms with E-state index >= 15 is 0 Å². The number of aliphatic imine (C=N–C) groups is 1. The fraction of sp³-hybridized carbons (Fsp3) is 0.500. The molecule has 2 rings (SSSR count). The molecular weight excluding hydrogens is 261 g/mol. The second kappa shape index (κ2) is 5.65. The molecule has 1 nitrogen and oxygen atoms in total. The van der Waals surface area contributed by atoms with Gasteiger partial charge in [0.25, 0.3) is 0 Å². The molecule has 0 N–H and O–H groups in total. The molecule has 85 valence electrons. The van der Waals surface area contributed by atoms with Crippen molar-refractivity contribution in [2.45, 2.75) is 45.1 Å². The van der Waals surface area contributed by atoms with Crippen molar-refractivity contribution in [3.63, 3.8) is 0 Å². The van der Waals surface area contributed by atoms with Gasteiger partial charge in [-0.15, -0.1) is 0 Å². The van der Waals surface area contributed by atoms with Crippen molar-refractivity contribution in [1.82, 2.24) is 0 Å². The first-order chi connectivity index (χ1) is 7.77. The van der Waals surface area contributed by atoms with Crippen LogP contribution in [-0.2, 0) is 0 Å². The summed E-state index contributed by atoms with van der Waals surface area (Å²) in [5.41, 5.74) is 2.53. The van der Waals surface area contributed by atoms with E-state index in [0.29, 0.717) is 6.04 Å². The van der Waals surface area contributed by atoms with E-state index in [1.165, 1.54) is 47.7 Å². The van der Waals surface area contributed by atoms with Crippen LogP contribution >= 0.6 is 0 Å². The SMILES string of the molecule is Cc1cccc(C=NC2CCCCC2)c1[Se]. The topological polar surface area (TPSA) is 12.4 Å². The van der Waals surface area contributed by atoms with Crippen molar-refractivity contribution in [3.8, 4) is 0 Å². The monoisotopic (exact) mass is 280 g/mol. The molecule has 1 aromatic carbocycles.